The third kappa shape index (κ3) is 4.17. The first kappa shape index (κ1) is 15.4. The molecule has 6 heteroatoms. The second kappa shape index (κ2) is 5.97. The Morgan fingerprint density at radius 3 is 2.53 bits per heavy atom. The molecule has 0 saturated heterocycles. The van der Waals surface area contributed by atoms with Crippen molar-refractivity contribution >= 4 is 11.7 Å². The molecule has 1 aromatic rings. The lowest BCUT2D eigenvalue weighted by molar-refractivity contribution is 0.0184. The normalized spacial score (nSPS) is 11.4. The third-order valence-corrected chi connectivity index (χ3v) is 2.88. The Bertz CT molecular complexity index is 475. The van der Waals surface area contributed by atoms with Gasteiger partial charge in [0.05, 0.1) is 16.9 Å². The van der Waals surface area contributed by atoms with Crippen LogP contribution in [0.15, 0.2) is 12.1 Å². The van der Waals surface area contributed by atoms with E-state index in [1.165, 1.54) is 0 Å². The van der Waals surface area contributed by atoms with Crippen LogP contribution in [-0.4, -0.2) is 30.3 Å². The van der Waals surface area contributed by atoms with Gasteiger partial charge in [-0.1, -0.05) is 0 Å². The Morgan fingerprint density at radius 1 is 1.37 bits per heavy atom. The molecule has 106 valence electrons. The maximum absolute atomic E-state index is 13.5. The molecule has 0 spiro atoms. The molecule has 4 nitrogen and oxygen atoms in total. The molecular weight excluding hydrogens is 256 g/mol. The molecule has 19 heavy (non-hydrogen) atoms. The smallest absolute Gasteiger partial charge is 0.338 e. The molecule has 2 N–H and O–H groups in total. The number of nitrogens with one attached hydrogen (secondary N) is 1. The Hall–Kier alpha value is -1.69. The van der Waals surface area contributed by atoms with Gasteiger partial charge in [0.25, 0.3) is 0 Å². The minimum absolute atomic E-state index is 0.0364. The molecule has 1 aromatic carbocycles. The lowest BCUT2D eigenvalue weighted by atomic mass is 10.1. The molecule has 0 unspecified atom stereocenters. The van der Waals surface area contributed by atoms with Gasteiger partial charge in [-0.2, -0.15) is 0 Å². The van der Waals surface area contributed by atoms with Gasteiger partial charge in [-0.15, -0.1) is 0 Å². The molecule has 0 saturated carbocycles. The SMILES string of the molecule is COC(C)(C)CCNc1cc(C(=O)O)c(F)cc1F. The number of carboxylic acid groups (broad SMARTS) is 1. The summed E-state index contributed by atoms with van der Waals surface area (Å²) >= 11 is 0. The van der Waals surface area contributed by atoms with Gasteiger partial charge in [0.2, 0.25) is 0 Å². The average molecular weight is 273 g/mol. The van der Waals surface area contributed by atoms with Crippen LogP contribution in [0.25, 0.3) is 0 Å². The predicted molar refractivity (Wildman–Crippen MR) is 67.5 cm³/mol. The van der Waals surface area contributed by atoms with Gasteiger partial charge in [-0.25, -0.2) is 13.6 Å². The highest BCUT2D eigenvalue weighted by atomic mass is 19.1. The van der Waals surface area contributed by atoms with Gasteiger partial charge in [0, 0.05) is 19.7 Å². The lowest BCUT2D eigenvalue weighted by Gasteiger charge is -2.23. The Balaban J connectivity index is 2.79. The highest BCUT2D eigenvalue weighted by molar-refractivity contribution is 5.89. The predicted octanol–water partition coefficient (Wildman–Crippen LogP) is 2.89. The summed E-state index contributed by atoms with van der Waals surface area (Å²) in [6, 6.07) is 1.51. The summed E-state index contributed by atoms with van der Waals surface area (Å²) in [5.74, 6) is -3.34. The monoisotopic (exact) mass is 273 g/mol. The molecule has 0 aromatic heterocycles. The molecule has 0 atom stereocenters. The van der Waals surface area contributed by atoms with E-state index >= 15 is 0 Å². The molecule has 0 aliphatic rings. The molecule has 0 aliphatic heterocycles. The number of ether oxygens (including phenoxy) is 1. The number of halogens is 2. The van der Waals surface area contributed by atoms with Crippen molar-refractivity contribution in [3.05, 3.63) is 29.3 Å². The fourth-order valence-electron chi connectivity index (χ4n) is 1.45. The van der Waals surface area contributed by atoms with Crippen LogP contribution >= 0.6 is 0 Å². The van der Waals surface area contributed by atoms with Crippen LogP contribution in [0.5, 0.6) is 0 Å². The summed E-state index contributed by atoms with van der Waals surface area (Å²) in [6.07, 6.45) is 0.586. The van der Waals surface area contributed by atoms with E-state index in [4.69, 9.17) is 9.84 Å². The van der Waals surface area contributed by atoms with Crippen LogP contribution in [0.2, 0.25) is 0 Å². The number of aromatic carboxylic acids is 1. The van der Waals surface area contributed by atoms with Crippen molar-refractivity contribution in [2.75, 3.05) is 19.0 Å². The Morgan fingerprint density at radius 2 is 2.00 bits per heavy atom. The number of carboxylic acids is 1. The summed E-state index contributed by atoms with van der Waals surface area (Å²) in [5.41, 5.74) is -0.973. The number of rotatable bonds is 6. The van der Waals surface area contributed by atoms with E-state index in [1.807, 2.05) is 13.8 Å². The zero-order chi connectivity index (χ0) is 14.6. The summed E-state index contributed by atoms with van der Waals surface area (Å²) in [7, 11) is 1.57. The highest BCUT2D eigenvalue weighted by Crippen LogP contribution is 2.20. The topological polar surface area (TPSA) is 58.6 Å². The lowest BCUT2D eigenvalue weighted by Crippen LogP contribution is -2.26. The van der Waals surface area contributed by atoms with E-state index in [9.17, 15) is 13.6 Å². The molecule has 0 aliphatic carbocycles. The number of anilines is 1. The second-order valence-corrected chi connectivity index (χ2v) is 4.76. The molecular formula is C13H17F2NO3. The Labute approximate surface area is 110 Å². The van der Waals surface area contributed by atoms with Crippen LogP contribution in [0.3, 0.4) is 0 Å². The maximum atomic E-state index is 13.5. The van der Waals surface area contributed by atoms with E-state index in [0.717, 1.165) is 6.07 Å². The van der Waals surface area contributed by atoms with Crippen molar-refractivity contribution in [2.24, 2.45) is 0 Å². The van der Waals surface area contributed by atoms with Crippen LogP contribution in [0.1, 0.15) is 30.6 Å². The van der Waals surface area contributed by atoms with Crippen molar-refractivity contribution in [1.82, 2.24) is 0 Å². The van der Waals surface area contributed by atoms with Crippen LogP contribution in [-0.2, 0) is 4.74 Å². The first-order valence-electron chi connectivity index (χ1n) is 5.78. The summed E-state index contributed by atoms with van der Waals surface area (Å²) in [5, 5.41) is 11.5. The van der Waals surface area contributed by atoms with E-state index in [0.29, 0.717) is 19.0 Å². The van der Waals surface area contributed by atoms with E-state index in [-0.39, 0.29) is 11.3 Å². The van der Waals surface area contributed by atoms with Gasteiger partial charge < -0.3 is 15.2 Å². The van der Waals surface area contributed by atoms with E-state index in [1.54, 1.807) is 7.11 Å². The number of benzene rings is 1. The van der Waals surface area contributed by atoms with Crippen molar-refractivity contribution in [3.63, 3.8) is 0 Å². The molecule has 0 fully saturated rings. The largest absolute Gasteiger partial charge is 0.478 e. The van der Waals surface area contributed by atoms with Gasteiger partial charge in [-0.3, -0.25) is 0 Å². The standard InChI is InChI=1S/C13H17F2NO3/c1-13(2,19-3)4-5-16-11-6-8(12(17)18)9(14)7-10(11)15/h6-7,16H,4-5H2,1-3H3,(H,17,18). The molecule has 0 amide bonds. The zero-order valence-corrected chi connectivity index (χ0v) is 11.1. The van der Waals surface area contributed by atoms with Gasteiger partial charge >= 0.3 is 5.97 Å². The molecule has 0 bridgehead atoms. The van der Waals surface area contributed by atoms with Gasteiger partial charge in [0.1, 0.15) is 11.6 Å². The van der Waals surface area contributed by atoms with Crippen LogP contribution < -0.4 is 5.32 Å². The Kier molecular flexibility index (Phi) is 4.83. The highest BCUT2D eigenvalue weighted by Gasteiger charge is 2.18. The number of hydrogen-bond donors (Lipinski definition) is 2. The van der Waals surface area contributed by atoms with Crippen LogP contribution in [0.4, 0.5) is 14.5 Å². The van der Waals surface area contributed by atoms with Crippen molar-refractivity contribution in [2.45, 2.75) is 25.9 Å². The average Bonchev–Trinajstić information content (AvgIpc) is 2.31. The minimum Gasteiger partial charge on any atom is -0.478 e. The van der Waals surface area contributed by atoms with Crippen molar-refractivity contribution < 1.29 is 23.4 Å². The number of hydrogen-bond acceptors (Lipinski definition) is 3. The zero-order valence-electron chi connectivity index (χ0n) is 11.1. The molecule has 0 heterocycles. The van der Waals surface area contributed by atoms with Gasteiger partial charge in [0.15, 0.2) is 0 Å². The summed E-state index contributed by atoms with van der Waals surface area (Å²) in [6.45, 7) is 4.12. The first-order chi connectivity index (χ1) is 8.76. The minimum atomic E-state index is -1.43. The quantitative estimate of drug-likeness (QED) is 0.836. The second-order valence-electron chi connectivity index (χ2n) is 4.76. The van der Waals surface area contributed by atoms with Crippen LogP contribution in [0, 0.1) is 11.6 Å². The number of carbonyl (C=O) groups is 1. The third-order valence-electron chi connectivity index (χ3n) is 2.88. The maximum Gasteiger partial charge on any atom is 0.338 e. The summed E-state index contributed by atoms with van der Waals surface area (Å²) in [4.78, 5) is 10.8. The molecule has 0 radical (unpaired) electrons. The number of methoxy groups -OCH3 is 1. The fraction of sp³-hybridized carbons (Fsp3) is 0.462. The fourth-order valence-corrected chi connectivity index (χ4v) is 1.45. The first-order valence-corrected chi connectivity index (χ1v) is 5.78. The van der Waals surface area contributed by atoms with Gasteiger partial charge in [-0.05, 0) is 26.3 Å². The van der Waals surface area contributed by atoms with Crippen molar-refractivity contribution in [1.29, 1.82) is 0 Å². The van der Waals surface area contributed by atoms with E-state index < -0.39 is 23.2 Å². The summed E-state index contributed by atoms with van der Waals surface area (Å²) < 4.78 is 31.8. The van der Waals surface area contributed by atoms with Crippen molar-refractivity contribution in [3.8, 4) is 0 Å². The van der Waals surface area contributed by atoms with E-state index in [2.05, 4.69) is 5.32 Å². The molecule has 1 rings (SSSR count).